The molecule has 1 N–H and O–H groups in total. The van der Waals surface area contributed by atoms with Gasteiger partial charge in [0.25, 0.3) is 5.91 Å². The molecule has 0 aromatic heterocycles. The molecule has 1 saturated heterocycles. The Hall–Kier alpha value is -1.90. The Morgan fingerprint density at radius 3 is 2.45 bits per heavy atom. The number of rotatable bonds is 6. The number of benzene rings is 2. The van der Waals surface area contributed by atoms with E-state index in [1.807, 2.05) is 11.2 Å². The van der Waals surface area contributed by atoms with E-state index in [9.17, 15) is 17.6 Å². The van der Waals surface area contributed by atoms with Crippen LogP contribution in [0, 0.1) is 5.82 Å². The van der Waals surface area contributed by atoms with Crippen LogP contribution in [0.5, 0.6) is 0 Å². The van der Waals surface area contributed by atoms with Gasteiger partial charge in [0, 0.05) is 30.1 Å². The molecule has 2 aromatic rings. The summed E-state index contributed by atoms with van der Waals surface area (Å²) in [6.45, 7) is 1.22. The summed E-state index contributed by atoms with van der Waals surface area (Å²) in [6, 6.07) is 10.6. The molecule has 1 amide bonds. The molecular formula is C21H25FN2O3S2. The van der Waals surface area contributed by atoms with Crippen LogP contribution in [0.2, 0.25) is 0 Å². The number of sulfonamides is 1. The summed E-state index contributed by atoms with van der Waals surface area (Å²) < 4.78 is 41.7. The minimum atomic E-state index is -3.89. The number of thioether (sulfide) groups is 1. The van der Waals surface area contributed by atoms with E-state index in [1.165, 1.54) is 36.0 Å². The summed E-state index contributed by atoms with van der Waals surface area (Å²) in [6.07, 6.45) is 5.99. The normalized spacial score (nSPS) is 15.2. The molecule has 0 atom stereocenters. The van der Waals surface area contributed by atoms with Gasteiger partial charge in [-0.1, -0.05) is 31.0 Å². The molecule has 0 unspecified atom stereocenters. The molecule has 2 aromatic carbocycles. The van der Waals surface area contributed by atoms with Gasteiger partial charge in [0.15, 0.2) is 0 Å². The summed E-state index contributed by atoms with van der Waals surface area (Å²) >= 11 is 1.41. The van der Waals surface area contributed by atoms with Crippen molar-refractivity contribution < 1.29 is 17.6 Å². The van der Waals surface area contributed by atoms with Crippen LogP contribution in [0.15, 0.2) is 52.3 Å². The first kappa shape index (κ1) is 21.8. The first-order valence-electron chi connectivity index (χ1n) is 9.63. The topological polar surface area (TPSA) is 66.5 Å². The zero-order chi connectivity index (χ0) is 20.9. The fourth-order valence-electron chi connectivity index (χ4n) is 3.36. The highest BCUT2D eigenvalue weighted by atomic mass is 32.2. The third kappa shape index (κ3) is 5.38. The van der Waals surface area contributed by atoms with Crippen LogP contribution in [0.25, 0.3) is 0 Å². The van der Waals surface area contributed by atoms with Crippen LogP contribution in [0.1, 0.15) is 41.6 Å². The Kier molecular flexibility index (Phi) is 7.32. The first-order chi connectivity index (χ1) is 13.9. The zero-order valence-electron chi connectivity index (χ0n) is 16.4. The van der Waals surface area contributed by atoms with Crippen LogP contribution in [0.3, 0.4) is 0 Å². The molecule has 0 spiro atoms. The van der Waals surface area contributed by atoms with Crippen LogP contribution in [0.4, 0.5) is 4.39 Å². The smallest absolute Gasteiger partial charge is 0.255 e. The van der Waals surface area contributed by atoms with Crippen molar-refractivity contribution in [3.63, 3.8) is 0 Å². The predicted molar refractivity (Wildman–Crippen MR) is 113 cm³/mol. The third-order valence-corrected chi connectivity index (χ3v) is 7.21. The van der Waals surface area contributed by atoms with Crippen LogP contribution < -0.4 is 4.72 Å². The largest absolute Gasteiger partial charge is 0.339 e. The molecule has 8 heteroatoms. The Balaban J connectivity index is 1.84. The first-order valence-corrected chi connectivity index (χ1v) is 12.3. The molecular weight excluding hydrogens is 411 g/mol. The minimum Gasteiger partial charge on any atom is -0.339 e. The monoisotopic (exact) mass is 436 g/mol. The highest BCUT2D eigenvalue weighted by Crippen LogP contribution is 2.26. The molecule has 0 aliphatic carbocycles. The molecule has 29 heavy (non-hydrogen) atoms. The highest BCUT2D eigenvalue weighted by molar-refractivity contribution is 7.98. The number of hydrogen-bond acceptors (Lipinski definition) is 4. The Morgan fingerprint density at radius 2 is 1.79 bits per heavy atom. The average molecular weight is 437 g/mol. The van der Waals surface area contributed by atoms with Gasteiger partial charge in [-0.25, -0.2) is 17.5 Å². The fraction of sp³-hybridized carbons (Fsp3) is 0.381. The summed E-state index contributed by atoms with van der Waals surface area (Å²) in [5, 5.41) is 0. The van der Waals surface area contributed by atoms with Crippen molar-refractivity contribution in [2.45, 2.75) is 42.0 Å². The van der Waals surface area contributed by atoms with E-state index in [2.05, 4.69) is 4.72 Å². The number of halogens is 1. The van der Waals surface area contributed by atoms with E-state index in [0.29, 0.717) is 18.7 Å². The Labute approximate surface area is 175 Å². The lowest BCUT2D eigenvalue weighted by Gasteiger charge is -2.22. The van der Waals surface area contributed by atoms with Gasteiger partial charge in [0.1, 0.15) is 5.82 Å². The molecule has 3 rings (SSSR count). The van der Waals surface area contributed by atoms with Gasteiger partial charge in [-0.3, -0.25) is 4.79 Å². The standard InChI is InChI=1S/C21H25FN2O3S2/c1-28-20-11-10-17(14-18(20)21(25)24-12-6-2-3-7-13-24)29(26,27)23-15-16-8-4-5-9-19(16)22/h4-5,8-11,14,23H,2-3,6-7,12-13,15H2,1H3. The van der Waals surface area contributed by atoms with Gasteiger partial charge in [0.2, 0.25) is 10.0 Å². The SMILES string of the molecule is CSc1ccc(S(=O)(=O)NCc2ccccc2F)cc1C(=O)N1CCCCCC1. The van der Waals surface area contributed by atoms with Gasteiger partial charge >= 0.3 is 0 Å². The van der Waals surface area contributed by atoms with Crippen molar-refractivity contribution >= 4 is 27.7 Å². The quantitative estimate of drug-likeness (QED) is 0.694. The lowest BCUT2D eigenvalue weighted by Crippen LogP contribution is -2.32. The van der Waals surface area contributed by atoms with Crippen LogP contribution in [-0.4, -0.2) is 38.6 Å². The lowest BCUT2D eigenvalue weighted by atomic mass is 10.2. The highest BCUT2D eigenvalue weighted by Gasteiger charge is 2.23. The molecule has 1 aliphatic heterocycles. The number of carbonyl (C=O) groups is 1. The maximum absolute atomic E-state index is 13.8. The van der Waals surface area contributed by atoms with E-state index in [4.69, 9.17) is 0 Å². The van der Waals surface area contributed by atoms with Crippen molar-refractivity contribution in [2.24, 2.45) is 0 Å². The second-order valence-electron chi connectivity index (χ2n) is 6.98. The number of carbonyl (C=O) groups excluding carboxylic acids is 1. The molecule has 1 fully saturated rings. The predicted octanol–water partition coefficient (Wildman–Crippen LogP) is 4.04. The summed E-state index contributed by atoms with van der Waals surface area (Å²) in [4.78, 5) is 15.6. The van der Waals surface area contributed by atoms with Crippen LogP contribution in [-0.2, 0) is 16.6 Å². The van der Waals surface area contributed by atoms with Crippen molar-refractivity contribution in [2.75, 3.05) is 19.3 Å². The fourth-order valence-corrected chi connectivity index (χ4v) is 4.97. The van der Waals surface area contributed by atoms with E-state index in [0.717, 1.165) is 30.6 Å². The number of nitrogens with zero attached hydrogens (tertiary/aromatic N) is 1. The summed E-state index contributed by atoms with van der Waals surface area (Å²) in [5.74, 6) is -0.604. The maximum atomic E-state index is 13.8. The van der Waals surface area contributed by atoms with E-state index >= 15 is 0 Å². The van der Waals surface area contributed by atoms with Crippen molar-refractivity contribution in [3.05, 3.63) is 59.4 Å². The molecule has 5 nitrogen and oxygen atoms in total. The molecule has 1 aliphatic rings. The van der Waals surface area contributed by atoms with Crippen LogP contribution >= 0.6 is 11.8 Å². The second-order valence-corrected chi connectivity index (χ2v) is 9.60. The van der Waals surface area contributed by atoms with E-state index < -0.39 is 15.8 Å². The van der Waals surface area contributed by atoms with Gasteiger partial charge < -0.3 is 4.90 Å². The van der Waals surface area contributed by atoms with E-state index in [-0.39, 0.29) is 22.9 Å². The van der Waals surface area contributed by atoms with Crippen molar-refractivity contribution in [3.8, 4) is 0 Å². The number of amides is 1. The lowest BCUT2D eigenvalue weighted by molar-refractivity contribution is 0.0758. The summed E-state index contributed by atoms with van der Waals surface area (Å²) in [7, 11) is -3.89. The number of likely N-dealkylation sites (tertiary alicyclic amines) is 1. The average Bonchev–Trinajstić information content (AvgIpc) is 3.02. The van der Waals surface area contributed by atoms with Crippen molar-refractivity contribution in [1.29, 1.82) is 0 Å². The van der Waals surface area contributed by atoms with Gasteiger partial charge in [-0.05, 0) is 43.4 Å². The number of hydrogen-bond donors (Lipinski definition) is 1. The van der Waals surface area contributed by atoms with E-state index in [1.54, 1.807) is 18.2 Å². The minimum absolute atomic E-state index is 0.00445. The zero-order valence-corrected chi connectivity index (χ0v) is 18.0. The molecule has 156 valence electrons. The molecule has 0 bridgehead atoms. The Morgan fingerprint density at radius 1 is 1.10 bits per heavy atom. The molecule has 1 heterocycles. The second kappa shape index (κ2) is 9.73. The molecule has 0 saturated carbocycles. The third-order valence-electron chi connectivity index (χ3n) is 5.02. The summed E-state index contributed by atoms with van der Waals surface area (Å²) in [5.41, 5.74) is 0.658. The van der Waals surface area contributed by atoms with Gasteiger partial charge in [-0.15, -0.1) is 11.8 Å². The van der Waals surface area contributed by atoms with Crippen molar-refractivity contribution in [1.82, 2.24) is 9.62 Å². The Bertz CT molecular complexity index is 972. The molecule has 0 radical (unpaired) electrons. The van der Waals surface area contributed by atoms with Gasteiger partial charge in [-0.2, -0.15) is 0 Å². The number of nitrogens with one attached hydrogen (secondary N) is 1. The van der Waals surface area contributed by atoms with Gasteiger partial charge in [0.05, 0.1) is 10.5 Å². The maximum Gasteiger partial charge on any atom is 0.255 e.